The van der Waals surface area contributed by atoms with Crippen molar-refractivity contribution in [2.45, 2.75) is 65.5 Å². The molecule has 2 heterocycles. The zero-order valence-corrected chi connectivity index (χ0v) is 15.3. The van der Waals surface area contributed by atoms with Crippen LogP contribution >= 0.6 is 0 Å². The molecular weight excluding hydrogens is 308 g/mol. The topological polar surface area (TPSA) is 74.8 Å². The monoisotopic (exact) mass is 334 g/mol. The zero-order chi connectivity index (χ0) is 18.2. The number of likely N-dealkylation sites (tertiary alicyclic amines) is 2. The van der Waals surface area contributed by atoms with E-state index in [1.807, 2.05) is 41.5 Å². The first kappa shape index (κ1) is 17.1. The fourth-order valence-corrected chi connectivity index (χ4v) is 4.68. The van der Waals surface area contributed by atoms with Crippen LogP contribution in [0, 0.1) is 23.7 Å². The van der Waals surface area contributed by atoms with Crippen LogP contribution in [-0.4, -0.2) is 44.5 Å². The summed E-state index contributed by atoms with van der Waals surface area (Å²) in [4.78, 5) is 54.0. The average Bonchev–Trinajstić information content (AvgIpc) is 2.70. The van der Waals surface area contributed by atoms with Crippen molar-refractivity contribution in [1.29, 1.82) is 0 Å². The Bertz CT molecular complexity index is 640. The molecule has 4 amide bonds. The molecule has 3 fully saturated rings. The van der Waals surface area contributed by atoms with Crippen LogP contribution in [0.25, 0.3) is 0 Å². The van der Waals surface area contributed by atoms with Crippen molar-refractivity contribution in [3.8, 4) is 0 Å². The van der Waals surface area contributed by atoms with Crippen LogP contribution in [0.3, 0.4) is 0 Å². The Kier molecular flexibility index (Phi) is 3.49. The zero-order valence-electron chi connectivity index (χ0n) is 15.3. The standard InChI is InChI=1S/C18H26N2O4/c1-17(2,3)19-12(21)8-9-10-7-11(13(9)16(19)24)15(23)20(14(10)22)18(4,5)6/h9-11,13H,7-8H2,1-6H3. The summed E-state index contributed by atoms with van der Waals surface area (Å²) in [6.45, 7) is 10.9. The normalized spacial score (nSPS) is 34.1. The third kappa shape index (κ3) is 2.22. The maximum absolute atomic E-state index is 13.0. The summed E-state index contributed by atoms with van der Waals surface area (Å²) in [5.74, 6) is -2.76. The highest BCUT2D eigenvalue weighted by Gasteiger charge is 2.63. The van der Waals surface area contributed by atoms with Crippen LogP contribution in [0.1, 0.15) is 54.4 Å². The first-order chi connectivity index (χ1) is 10.9. The maximum atomic E-state index is 13.0. The first-order valence-electron chi connectivity index (χ1n) is 8.60. The van der Waals surface area contributed by atoms with Gasteiger partial charge in [0.05, 0.1) is 11.8 Å². The van der Waals surface area contributed by atoms with E-state index in [0.717, 1.165) is 0 Å². The van der Waals surface area contributed by atoms with E-state index in [4.69, 9.17) is 0 Å². The fraction of sp³-hybridized carbons (Fsp3) is 0.778. The largest absolute Gasteiger partial charge is 0.277 e. The van der Waals surface area contributed by atoms with E-state index >= 15 is 0 Å². The number of nitrogens with zero attached hydrogens (tertiary/aromatic N) is 2. The van der Waals surface area contributed by atoms with Crippen molar-refractivity contribution >= 4 is 23.6 Å². The van der Waals surface area contributed by atoms with Crippen molar-refractivity contribution in [1.82, 2.24) is 9.80 Å². The summed E-state index contributed by atoms with van der Waals surface area (Å²) in [6.07, 6.45) is 0.572. The maximum Gasteiger partial charge on any atom is 0.233 e. The molecule has 0 aromatic rings. The summed E-state index contributed by atoms with van der Waals surface area (Å²) in [6, 6.07) is 0. The minimum atomic E-state index is -0.618. The molecule has 4 unspecified atom stereocenters. The molecule has 0 aromatic carbocycles. The van der Waals surface area contributed by atoms with Crippen LogP contribution in [0.4, 0.5) is 0 Å². The molecule has 3 aliphatic rings. The molecule has 0 N–H and O–H groups in total. The summed E-state index contributed by atoms with van der Waals surface area (Å²) in [5.41, 5.74) is -1.23. The lowest BCUT2D eigenvalue weighted by Crippen LogP contribution is -2.58. The van der Waals surface area contributed by atoms with Crippen LogP contribution < -0.4 is 0 Å². The number of imide groups is 2. The minimum absolute atomic E-state index is 0.172. The lowest BCUT2D eigenvalue weighted by atomic mass is 9.79. The van der Waals surface area contributed by atoms with Gasteiger partial charge in [0.1, 0.15) is 0 Å². The Morgan fingerprint density at radius 2 is 1.25 bits per heavy atom. The van der Waals surface area contributed by atoms with E-state index in [0.29, 0.717) is 6.42 Å². The number of carbonyl (C=O) groups excluding carboxylic acids is 4. The van der Waals surface area contributed by atoms with Gasteiger partial charge in [0.15, 0.2) is 0 Å². The van der Waals surface area contributed by atoms with Gasteiger partial charge in [-0.2, -0.15) is 0 Å². The smallest absolute Gasteiger partial charge is 0.233 e. The van der Waals surface area contributed by atoms with E-state index in [9.17, 15) is 19.2 Å². The number of piperidine rings is 2. The van der Waals surface area contributed by atoms with E-state index < -0.39 is 28.8 Å². The molecule has 0 radical (unpaired) electrons. The number of hydrogen-bond donors (Lipinski definition) is 0. The number of rotatable bonds is 0. The highest BCUT2D eigenvalue weighted by atomic mass is 16.2. The third-order valence-corrected chi connectivity index (χ3v) is 5.50. The van der Waals surface area contributed by atoms with Crippen molar-refractivity contribution in [2.24, 2.45) is 23.7 Å². The Labute approximate surface area is 142 Å². The minimum Gasteiger partial charge on any atom is -0.277 e. The number of amides is 4. The second kappa shape index (κ2) is 4.90. The van der Waals surface area contributed by atoms with Gasteiger partial charge in [-0.25, -0.2) is 0 Å². The number of hydrogen-bond acceptors (Lipinski definition) is 4. The molecule has 6 heteroatoms. The van der Waals surface area contributed by atoms with Crippen molar-refractivity contribution in [2.75, 3.05) is 0 Å². The molecule has 24 heavy (non-hydrogen) atoms. The molecule has 1 saturated carbocycles. The van der Waals surface area contributed by atoms with Crippen LogP contribution in [0.15, 0.2) is 0 Å². The van der Waals surface area contributed by atoms with Crippen LogP contribution in [0.2, 0.25) is 0 Å². The van der Waals surface area contributed by atoms with Gasteiger partial charge in [-0.05, 0) is 53.9 Å². The Morgan fingerprint density at radius 1 is 0.750 bits per heavy atom. The summed E-state index contributed by atoms with van der Waals surface area (Å²) in [5, 5.41) is 0. The molecule has 6 nitrogen and oxygen atoms in total. The van der Waals surface area contributed by atoms with Crippen molar-refractivity contribution in [3.63, 3.8) is 0 Å². The predicted molar refractivity (Wildman–Crippen MR) is 86.4 cm³/mol. The van der Waals surface area contributed by atoms with E-state index in [2.05, 4.69) is 0 Å². The molecule has 0 aromatic heterocycles. The predicted octanol–water partition coefficient (Wildman–Crippen LogP) is 1.58. The molecule has 2 bridgehead atoms. The summed E-state index contributed by atoms with van der Waals surface area (Å²) >= 11 is 0. The lowest BCUT2D eigenvalue weighted by Gasteiger charge is -2.41. The van der Waals surface area contributed by atoms with Gasteiger partial charge >= 0.3 is 0 Å². The van der Waals surface area contributed by atoms with Gasteiger partial charge in [-0.15, -0.1) is 0 Å². The van der Waals surface area contributed by atoms with Gasteiger partial charge in [0, 0.05) is 23.4 Å². The molecule has 2 aliphatic heterocycles. The Balaban J connectivity index is 2.03. The van der Waals surface area contributed by atoms with Gasteiger partial charge in [-0.1, -0.05) is 0 Å². The highest BCUT2D eigenvalue weighted by molar-refractivity contribution is 6.08. The van der Waals surface area contributed by atoms with Crippen LogP contribution in [0.5, 0.6) is 0 Å². The van der Waals surface area contributed by atoms with E-state index in [1.54, 1.807) is 0 Å². The van der Waals surface area contributed by atoms with Crippen LogP contribution in [-0.2, 0) is 19.2 Å². The quantitative estimate of drug-likeness (QED) is 0.630. The molecule has 4 atom stereocenters. The van der Waals surface area contributed by atoms with E-state index in [1.165, 1.54) is 9.80 Å². The molecule has 1 aliphatic carbocycles. The lowest BCUT2D eigenvalue weighted by molar-refractivity contribution is -0.164. The van der Waals surface area contributed by atoms with Gasteiger partial charge in [-0.3, -0.25) is 29.0 Å². The van der Waals surface area contributed by atoms with Crippen molar-refractivity contribution < 1.29 is 19.2 Å². The average molecular weight is 334 g/mol. The number of fused-ring (bicyclic) bond motifs is 5. The van der Waals surface area contributed by atoms with E-state index in [-0.39, 0.29) is 36.0 Å². The van der Waals surface area contributed by atoms with Crippen molar-refractivity contribution in [3.05, 3.63) is 0 Å². The molecule has 3 rings (SSSR count). The summed E-state index contributed by atoms with van der Waals surface area (Å²) in [7, 11) is 0. The Hall–Kier alpha value is -1.72. The first-order valence-corrected chi connectivity index (χ1v) is 8.60. The SMILES string of the molecule is CC(C)(C)N1C(=O)C2CC(C1=O)C1C(=O)N(C(C)(C)C)C(=O)CC21. The van der Waals surface area contributed by atoms with Gasteiger partial charge < -0.3 is 0 Å². The van der Waals surface area contributed by atoms with Gasteiger partial charge in [0.2, 0.25) is 23.6 Å². The molecule has 132 valence electrons. The molecule has 2 saturated heterocycles. The number of carbonyl (C=O) groups is 4. The second-order valence-corrected chi connectivity index (χ2v) is 9.26. The fourth-order valence-electron chi connectivity index (χ4n) is 4.68. The highest BCUT2D eigenvalue weighted by Crippen LogP contribution is 2.52. The second-order valence-electron chi connectivity index (χ2n) is 9.26. The third-order valence-electron chi connectivity index (χ3n) is 5.50. The molecular formula is C18H26N2O4. The van der Waals surface area contributed by atoms with Gasteiger partial charge in [0.25, 0.3) is 0 Å². The summed E-state index contributed by atoms with van der Waals surface area (Å²) < 4.78 is 0. The molecule has 0 spiro atoms. The Morgan fingerprint density at radius 3 is 1.75 bits per heavy atom.